The van der Waals surface area contributed by atoms with Crippen molar-refractivity contribution in [3.8, 4) is 0 Å². The molecule has 1 atom stereocenters. The highest BCUT2D eigenvalue weighted by Crippen LogP contribution is 2.19. The summed E-state index contributed by atoms with van der Waals surface area (Å²) in [4.78, 5) is 17.3. The van der Waals surface area contributed by atoms with E-state index in [0.717, 1.165) is 27.8 Å². The Bertz CT molecular complexity index is 805. The summed E-state index contributed by atoms with van der Waals surface area (Å²) in [5.74, 6) is -0.0274. The number of amides is 1. The Kier molecular flexibility index (Phi) is 4.80. The van der Waals surface area contributed by atoms with Crippen LogP contribution in [0.25, 0.3) is 4.96 Å². The second-order valence-corrected chi connectivity index (χ2v) is 6.81. The SMILES string of the molecule is CC[C@H](C)NC(=O)c1ccc(CNc2nn3cc(C)nc3s2)cc1. The molecule has 0 fully saturated rings. The molecule has 24 heavy (non-hydrogen) atoms. The third-order valence-corrected chi connectivity index (χ3v) is 4.69. The van der Waals surface area contributed by atoms with Gasteiger partial charge in [0.2, 0.25) is 10.1 Å². The zero-order valence-corrected chi connectivity index (χ0v) is 14.9. The van der Waals surface area contributed by atoms with Crippen LogP contribution in [-0.2, 0) is 6.54 Å². The number of aromatic nitrogens is 3. The van der Waals surface area contributed by atoms with Gasteiger partial charge in [0.25, 0.3) is 5.91 Å². The Morgan fingerprint density at radius 2 is 2.08 bits per heavy atom. The highest BCUT2D eigenvalue weighted by molar-refractivity contribution is 7.20. The van der Waals surface area contributed by atoms with Crippen LogP contribution in [0, 0.1) is 6.92 Å². The first-order chi connectivity index (χ1) is 11.5. The number of benzene rings is 1. The number of rotatable bonds is 6. The molecule has 0 saturated carbocycles. The van der Waals surface area contributed by atoms with E-state index >= 15 is 0 Å². The Labute approximate surface area is 144 Å². The molecule has 2 heterocycles. The lowest BCUT2D eigenvalue weighted by atomic mass is 10.1. The number of carbonyl (C=O) groups excluding carboxylic acids is 1. The molecule has 0 radical (unpaired) electrons. The van der Waals surface area contributed by atoms with E-state index in [1.54, 1.807) is 4.52 Å². The second kappa shape index (κ2) is 7.00. The van der Waals surface area contributed by atoms with Gasteiger partial charge in [-0.3, -0.25) is 4.79 Å². The molecule has 0 spiro atoms. The van der Waals surface area contributed by atoms with Crippen molar-refractivity contribution in [2.75, 3.05) is 5.32 Å². The largest absolute Gasteiger partial charge is 0.356 e. The number of aryl methyl sites for hydroxylation is 1. The first kappa shape index (κ1) is 16.4. The highest BCUT2D eigenvalue weighted by Gasteiger charge is 2.09. The van der Waals surface area contributed by atoms with Gasteiger partial charge in [0.15, 0.2) is 0 Å². The van der Waals surface area contributed by atoms with Crippen LogP contribution in [-0.4, -0.2) is 26.5 Å². The highest BCUT2D eigenvalue weighted by atomic mass is 32.1. The van der Waals surface area contributed by atoms with Crippen LogP contribution < -0.4 is 10.6 Å². The Balaban J connectivity index is 1.59. The van der Waals surface area contributed by atoms with E-state index in [2.05, 4.69) is 27.6 Å². The van der Waals surface area contributed by atoms with Gasteiger partial charge in [-0.2, -0.15) is 0 Å². The summed E-state index contributed by atoms with van der Waals surface area (Å²) in [5.41, 5.74) is 2.74. The molecule has 6 nitrogen and oxygen atoms in total. The number of nitrogens with zero attached hydrogens (tertiary/aromatic N) is 3. The fourth-order valence-corrected chi connectivity index (χ4v) is 3.06. The fourth-order valence-electron chi connectivity index (χ4n) is 2.24. The summed E-state index contributed by atoms with van der Waals surface area (Å²) in [6.45, 7) is 6.66. The summed E-state index contributed by atoms with van der Waals surface area (Å²) in [7, 11) is 0. The number of anilines is 1. The van der Waals surface area contributed by atoms with Gasteiger partial charge in [0, 0.05) is 18.2 Å². The molecule has 0 unspecified atom stereocenters. The first-order valence-corrected chi connectivity index (χ1v) is 8.83. The van der Waals surface area contributed by atoms with Crippen molar-refractivity contribution >= 4 is 27.3 Å². The molecule has 2 N–H and O–H groups in total. The summed E-state index contributed by atoms with van der Waals surface area (Å²) in [6, 6.07) is 7.81. The van der Waals surface area contributed by atoms with Crippen LogP contribution in [0.1, 0.15) is 41.9 Å². The quantitative estimate of drug-likeness (QED) is 0.721. The molecule has 0 aliphatic heterocycles. The molecule has 0 saturated heterocycles. The lowest BCUT2D eigenvalue weighted by Gasteiger charge is -2.11. The van der Waals surface area contributed by atoms with Gasteiger partial charge in [-0.15, -0.1) is 5.10 Å². The summed E-state index contributed by atoms with van der Waals surface area (Å²) < 4.78 is 1.78. The molecule has 3 rings (SSSR count). The Morgan fingerprint density at radius 3 is 2.75 bits per heavy atom. The zero-order chi connectivity index (χ0) is 17.1. The fraction of sp³-hybridized carbons (Fsp3) is 0.353. The van der Waals surface area contributed by atoms with E-state index in [4.69, 9.17) is 0 Å². The van der Waals surface area contributed by atoms with Crippen LogP contribution >= 0.6 is 11.3 Å². The second-order valence-electron chi connectivity index (χ2n) is 5.85. The maximum atomic E-state index is 12.1. The molecule has 0 bridgehead atoms. The van der Waals surface area contributed by atoms with Gasteiger partial charge >= 0.3 is 0 Å². The van der Waals surface area contributed by atoms with E-state index in [9.17, 15) is 4.79 Å². The van der Waals surface area contributed by atoms with Gasteiger partial charge in [-0.25, -0.2) is 9.50 Å². The normalized spacial score (nSPS) is 12.3. The van der Waals surface area contributed by atoms with Crippen molar-refractivity contribution in [1.29, 1.82) is 0 Å². The number of nitrogens with one attached hydrogen (secondary N) is 2. The average molecular weight is 343 g/mol. The predicted octanol–water partition coefficient (Wildman–Crippen LogP) is 3.24. The molecule has 1 amide bonds. The third kappa shape index (κ3) is 3.73. The maximum absolute atomic E-state index is 12.1. The number of imidazole rings is 1. The van der Waals surface area contributed by atoms with E-state index in [0.29, 0.717) is 12.1 Å². The van der Waals surface area contributed by atoms with Crippen LogP contribution in [0.3, 0.4) is 0 Å². The van der Waals surface area contributed by atoms with E-state index < -0.39 is 0 Å². The summed E-state index contributed by atoms with van der Waals surface area (Å²) in [5, 5.41) is 11.5. The smallest absolute Gasteiger partial charge is 0.251 e. The van der Waals surface area contributed by atoms with E-state index in [1.165, 1.54) is 11.3 Å². The van der Waals surface area contributed by atoms with Gasteiger partial charge < -0.3 is 10.6 Å². The average Bonchev–Trinajstić information content (AvgIpc) is 3.10. The van der Waals surface area contributed by atoms with Crippen molar-refractivity contribution in [3.63, 3.8) is 0 Å². The maximum Gasteiger partial charge on any atom is 0.251 e. The first-order valence-electron chi connectivity index (χ1n) is 8.01. The molecule has 1 aromatic carbocycles. The van der Waals surface area contributed by atoms with E-state index in [1.807, 2.05) is 44.3 Å². The molecule has 0 aliphatic rings. The van der Waals surface area contributed by atoms with Crippen molar-refractivity contribution in [3.05, 3.63) is 47.3 Å². The Morgan fingerprint density at radius 1 is 1.33 bits per heavy atom. The monoisotopic (exact) mass is 343 g/mol. The van der Waals surface area contributed by atoms with Crippen molar-refractivity contribution in [2.24, 2.45) is 0 Å². The van der Waals surface area contributed by atoms with Crippen molar-refractivity contribution in [1.82, 2.24) is 19.9 Å². The van der Waals surface area contributed by atoms with Gasteiger partial charge in [-0.05, 0) is 38.0 Å². The van der Waals surface area contributed by atoms with Gasteiger partial charge in [0.05, 0.1) is 11.9 Å². The number of hydrogen-bond acceptors (Lipinski definition) is 5. The molecule has 126 valence electrons. The Hall–Kier alpha value is -2.41. The van der Waals surface area contributed by atoms with Crippen molar-refractivity contribution < 1.29 is 4.79 Å². The van der Waals surface area contributed by atoms with Crippen LogP contribution in [0.2, 0.25) is 0 Å². The molecular weight excluding hydrogens is 322 g/mol. The molecular formula is C17H21N5OS. The standard InChI is InChI=1S/C17H21N5OS/c1-4-11(2)19-15(23)14-7-5-13(6-8-14)9-18-16-21-22-10-12(3)20-17(22)24-16/h5-8,10-11H,4,9H2,1-3H3,(H,18,21)(H,19,23)/t11-/m0/s1. The molecule has 3 aromatic rings. The van der Waals surface area contributed by atoms with Crippen LogP contribution in [0.5, 0.6) is 0 Å². The minimum Gasteiger partial charge on any atom is -0.356 e. The van der Waals surface area contributed by atoms with Gasteiger partial charge in [-0.1, -0.05) is 30.4 Å². The lowest BCUT2D eigenvalue weighted by Crippen LogP contribution is -2.31. The number of fused-ring (bicyclic) bond motifs is 1. The molecule has 7 heteroatoms. The minimum atomic E-state index is -0.0274. The molecule has 0 aliphatic carbocycles. The van der Waals surface area contributed by atoms with E-state index in [-0.39, 0.29) is 11.9 Å². The molecule has 2 aromatic heterocycles. The predicted molar refractivity (Wildman–Crippen MR) is 96.6 cm³/mol. The van der Waals surface area contributed by atoms with Crippen molar-refractivity contribution in [2.45, 2.75) is 39.8 Å². The third-order valence-electron chi connectivity index (χ3n) is 3.81. The lowest BCUT2D eigenvalue weighted by molar-refractivity contribution is 0.0939. The number of hydrogen-bond donors (Lipinski definition) is 2. The summed E-state index contributed by atoms with van der Waals surface area (Å²) in [6.07, 6.45) is 2.83. The topological polar surface area (TPSA) is 71.3 Å². The van der Waals surface area contributed by atoms with Gasteiger partial charge in [0.1, 0.15) is 0 Å². The number of carbonyl (C=O) groups is 1. The minimum absolute atomic E-state index is 0.0274. The van der Waals surface area contributed by atoms with Crippen LogP contribution in [0.15, 0.2) is 30.5 Å². The van der Waals surface area contributed by atoms with Crippen LogP contribution in [0.4, 0.5) is 5.13 Å². The zero-order valence-electron chi connectivity index (χ0n) is 14.0. The summed E-state index contributed by atoms with van der Waals surface area (Å²) >= 11 is 1.52.